The van der Waals surface area contributed by atoms with Crippen molar-refractivity contribution in [2.75, 3.05) is 31.7 Å². The molecule has 0 spiro atoms. The van der Waals surface area contributed by atoms with E-state index in [1.54, 1.807) is 0 Å². The van der Waals surface area contributed by atoms with E-state index in [1.165, 1.54) is 0 Å². The summed E-state index contributed by atoms with van der Waals surface area (Å²) in [5.74, 6) is 2.61. The molecule has 0 atom stereocenters. The second-order valence-corrected chi connectivity index (χ2v) is 5.40. The number of ether oxygens (including phenoxy) is 2. The molecule has 5 heteroatoms. The molecule has 0 saturated carbocycles. The third kappa shape index (κ3) is 5.87. The first-order valence-corrected chi connectivity index (χ1v) is 7.93. The molecule has 0 saturated heterocycles. The Morgan fingerprint density at radius 2 is 1.81 bits per heavy atom. The summed E-state index contributed by atoms with van der Waals surface area (Å²) in [5.41, 5.74) is 0.961. The second-order valence-electron chi connectivity index (χ2n) is 5.40. The first-order chi connectivity index (χ1) is 10.1. The molecule has 0 unspecified atom stereocenters. The minimum atomic E-state index is 0.270. The van der Waals surface area contributed by atoms with Crippen molar-refractivity contribution in [2.45, 2.75) is 53.4 Å². The van der Waals surface area contributed by atoms with Crippen LogP contribution in [-0.4, -0.2) is 36.3 Å². The Kier molecular flexibility index (Phi) is 8.05. The van der Waals surface area contributed by atoms with Crippen molar-refractivity contribution in [1.29, 1.82) is 0 Å². The fourth-order valence-corrected chi connectivity index (χ4v) is 1.77. The minimum Gasteiger partial charge on any atom is -0.475 e. The van der Waals surface area contributed by atoms with Crippen molar-refractivity contribution in [3.63, 3.8) is 0 Å². The van der Waals surface area contributed by atoms with E-state index in [4.69, 9.17) is 9.47 Å². The van der Waals surface area contributed by atoms with Gasteiger partial charge in [-0.2, -0.15) is 4.98 Å². The number of hydrogen-bond donors (Lipinski definition) is 1. The Morgan fingerprint density at radius 1 is 1.05 bits per heavy atom. The van der Waals surface area contributed by atoms with Gasteiger partial charge >= 0.3 is 0 Å². The maximum atomic E-state index is 5.78. The maximum absolute atomic E-state index is 5.78. The van der Waals surface area contributed by atoms with Crippen LogP contribution in [0.3, 0.4) is 0 Å². The van der Waals surface area contributed by atoms with Gasteiger partial charge in [0.15, 0.2) is 0 Å². The summed E-state index contributed by atoms with van der Waals surface area (Å²) in [5, 5.41) is 3.35. The molecule has 0 aromatic carbocycles. The fraction of sp³-hybridized carbons (Fsp3) is 0.750. The van der Waals surface area contributed by atoms with Crippen LogP contribution < -0.4 is 10.1 Å². The smallest absolute Gasteiger partial charge is 0.221 e. The Morgan fingerprint density at radius 3 is 2.43 bits per heavy atom. The van der Waals surface area contributed by atoms with Crippen molar-refractivity contribution < 1.29 is 9.47 Å². The number of nitrogens with zero attached hydrogens (tertiary/aromatic N) is 2. The van der Waals surface area contributed by atoms with E-state index >= 15 is 0 Å². The van der Waals surface area contributed by atoms with Gasteiger partial charge in [0.1, 0.15) is 18.2 Å². The van der Waals surface area contributed by atoms with E-state index in [0.717, 1.165) is 43.2 Å². The summed E-state index contributed by atoms with van der Waals surface area (Å²) in [7, 11) is 0. The van der Waals surface area contributed by atoms with Crippen LogP contribution in [0.5, 0.6) is 5.88 Å². The molecule has 120 valence electrons. The molecule has 0 radical (unpaired) electrons. The van der Waals surface area contributed by atoms with Crippen molar-refractivity contribution in [1.82, 2.24) is 9.97 Å². The fourth-order valence-electron chi connectivity index (χ4n) is 1.77. The van der Waals surface area contributed by atoms with Gasteiger partial charge in [-0.1, -0.05) is 27.7 Å². The monoisotopic (exact) mass is 295 g/mol. The van der Waals surface area contributed by atoms with Gasteiger partial charge in [-0.15, -0.1) is 0 Å². The van der Waals surface area contributed by atoms with E-state index in [0.29, 0.717) is 19.1 Å². The van der Waals surface area contributed by atoms with Gasteiger partial charge in [-0.25, -0.2) is 4.98 Å². The Labute approximate surface area is 128 Å². The molecule has 0 aliphatic carbocycles. The van der Waals surface area contributed by atoms with Crippen molar-refractivity contribution in [3.8, 4) is 5.88 Å². The lowest BCUT2D eigenvalue weighted by Gasteiger charge is -2.15. The molecular weight excluding hydrogens is 266 g/mol. The number of rotatable bonds is 10. The molecular formula is C16H29N3O2. The SMILES string of the molecule is CCCNc1nc(C(C)C)nc(OCCOCCC)c1C. The van der Waals surface area contributed by atoms with Gasteiger partial charge in [0.25, 0.3) is 0 Å². The highest BCUT2D eigenvalue weighted by Crippen LogP contribution is 2.24. The van der Waals surface area contributed by atoms with Crippen LogP contribution in [0, 0.1) is 6.92 Å². The van der Waals surface area contributed by atoms with E-state index < -0.39 is 0 Å². The predicted molar refractivity (Wildman–Crippen MR) is 86.2 cm³/mol. The number of nitrogens with one attached hydrogen (secondary N) is 1. The van der Waals surface area contributed by atoms with Crippen molar-refractivity contribution >= 4 is 5.82 Å². The molecule has 0 fully saturated rings. The predicted octanol–water partition coefficient (Wildman–Crippen LogP) is 3.54. The molecule has 21 heavy (non-hydrogen) atoms. The zero-order valence-corrected chi connectivity index (χ0v) is 14.0. The standard InChI is InChI=1S/C16H29N3O2/c1-6-8-17-15-13(5)16(19-14(18-15)12(3)4)21-11-10-20-9-7-2/h12H,6-11H2,1-5H3,(H,17,18,19). The molecule has 1 aromatic heterocycles. The van der Waals surface area contributed by atoms with Crippen LogP contribution >= 0.6 is 0 Å². The van der Waals surface area contributed by atoms with Gasteiger partial charge in [0.2, 0.25) is 5.88 Å². The molecule has 5 nitrogen and oxygen atoms in total. The molecule has 0 aliphatic rings. The van der Waals surface area contributed by atoms with E-state index in [9.17, 15) is 0 Å². The van der Waals surface area contributed by atoms with Crippen LogP contribution in [0.2, 0.25) is 0 Å². The lowest BCUT2D eigenvalue weighted by molar-refractivity contribution is 0.0986. The molecule has 0 aliphatic heterocycles. The van der Waals surface area contributed by atoms with Gasteiger partial charge in [0.05, 0.1) is 12.2 Å². The summed E-state index contributed by atoms with van der Waals surface area (Å²) in [4.78, 5) is 9.12. The van der Waals surface area contributed by atoms with Gasteiger partial charge < -0.3 is 14.8 Å². The first kappa shape index (κ1) is 17.7. The zero-order chi connectivity index (χ0) is 15.7. The lowest BCUT2D eigenvalue weighted by Crippen LogP contribution is -2.13. The largest absolute Gasteiger partial charge is 0.475 e. The highest BCUT2D eigenvalue weighted by atomic mass is 16.5. The third-order valence-electron chi connectivity index (χ3n) is 2.99. The van der Waals surface area contributed by atoms with Gasteiger partial charge in [-0.3, -0.25) is 0 Å². The Balaban J connectivity index is 2.77. The number of aromatic nitrogens is 2. The Hall–Kier alpha value is -1.36. The summed E-state index contributed by atoms with van der Waals surface area (Å²) < 4.78 is 11.2. The van der Waals surface area contributed by atoms with Crippen LogP contribution in [0.25, 0.3) is 0 Å². The van der Waals surface area contributed by atoms with E-state index in [2.05, 4.69) is 43.0 Å². The topological polar surface area (TPSA) is 56.3 Å². The normalized spacial score (nSPS) is 11.0. The minimum absolute atomic E-state index is 0.270. The van der Waals surface area contributed by atoms with E-state index in [1.807, 2.05) is 6.92 Å². The molecule has 0 amide bonds. The average Bonchev–Trinajstić information content (AvgIpc) is 2.47. The lowest BCUT2D eigenvalue weighted by atomic mass is 10.2. The highest BCUT2D eigenvalue weighted by molar-refractivity contribution is 5.48. The van der Waals surface area contributed by atoms with Gasteiger partial charge in [-0.05, 0) is 19.8 Å². The Bertz CT molecular complexity index is 422. The number of anilines is 1. The molecule has 0 bridgehead atoms. The van der Waals surface area contributed by atoms with Crippen LogP contribution in [0.1, 0.15) is 57.8 Å². The van der Waals surface area contributed by atoms with Crippen LogP contribution in [0.4, 0.5) is 5.82 Å². The zero-order valence-electron chi connectivity index (χ0n) is 14.0. The molecule has 1 heterocycles. The second kappa shape index (κ2) is 9.55. The van der Waals surface area contributed by atoms with Crippen molar-refractivity contribution in [2.24, 2.45) is 0 Å². The molecule has 1 N–H and O–H groups in total. The van der Waals surface area contributed by atoms with Crippen LogP contribution in [-0.2, 0) is 4.74 Å². The van der Waals surface area contributed by atoms with Gasteiger partial charge in [0, 0.05) is 19.1 Å². The molecule has 1 rings (SSSR count). The van der Waals surface area contributed by atoms with Crippen LogP contribution in [0.15, 0.2) is 0 Å². The summed E-state index contributed by atoms with van der Waals surface area (Å²) in [6.45, 7) is 13.2. The van der Waals surface area contributed by atoms with Crippen molar-refractivity contribution in [3.05, 3.63) is 11.4 Å². The number of hydrogen-bond acceptors (Lipinski definition) is 5. The van der Waals surface area contributed by atoms with E-state index in [-0.39, 0.29) is 5.92 Å². The maximum Gasteiger partial charge on any atom is 0.221 e. The highest BCUT2D eigenvalue weighted by Gasteiger charge is 2.13. The summed E-state index contributed by atoms with van der Waals surface area (Å²) in [6.07, 6.45) is 2.08. The summed E-state index contributed by atoms with van der Waals surface area (Å²) >= 11 is 0. The third-order valence-corrected chi connectivity index (χ3v) is 2.99. The molecule has 1 aromatic rings. The first-order valence-electron chi connectivity index (χ1n) is 7.93. The summed E-state index contributed by atoms with van der Waals surface area (Å²) in [6, 6.07) is 0. The average molecular weight is 295 g/mol. The quantitative estimate of drug-likeness (QED) is 0.669.